The predicted octanol–water partition coefficient (Wildman–Crippen LogP) is 3.40. The number of furan rings is 1. The molecule has 0 aliphatic carbocycles. The zero-order valence-corrected chi connectivity index (χ0v) is 14.3. The number of ether oxygens (including phenoxy) is 1. The highest BCUT2D eigenvalue weighted by Crippen LogP contribution is 2.23. The summed E-state index contributed by atoms with van der Waals surface area (Å²) in [7, 11) is 1.39. The molecular formula is C19H22N2O4. The van der Waals surface area contributed by atoms with E-state index in [1.54, 1.807) is 21.9 Å². The highest BCUT2D eigenvalue weighted by molar-refractivity contribution is 6.04. The highest BCUT2D eigenvalue weighted by atomic mass is 16.5. The fourth-order valence-electron chi connectivity index (χ4n) is 3.21. The van der Waals surface area contributed by atoms with E-state index < -0.39 is 0 Å². The summed E-state index contributed by atoms with van der Waals surface area (Å²) >= 11 is 0. The van der Waals surface area contributed by atoms with Crippen LogP contribution in [0.3, 0.4) is 0 Å². The van der Waals surface area contributed by atoms with E-state index in [9.17, 15) is 9.59 Å². The van der Waals surface area contributed by atoms with Crippen LogP contribution in [0, 0.1) is 5.92 Å². The number of rotatable bonds is 4. The minimum absolute atomic E-state index is 0.175. The van der Waals surface area contributed by atoms with Crippen LogP contribution in [0.1, 0.15) is 23.4 Å². The maximum Gasteiger partial charge on any atom is 0.409 e. The molecule has 1 atom stereocenters. The van der Waals surface area contributed by atoms with Crippen LogP contribution < -0.4 is 4.90 Å². The van der Waals surface area contributed by atoms with E-state index in [0.29, 0.717) is 25.4 Å². The van der Waals surface area contributed by atoms with Gasteiger partial charge in [0.05, 0.1) is 13.4 Å². The Morgan fingerprint density at radius 3 is 2.72 bits per heavy atom. The summed E-state index contributed by atoms with van der Waals surface area (Å²) < 4.78 is 10.1. The molecule has 0 bridgehead atoms. The number of para-hydroxylation sites is 1. The third-order valence-corrected chi connectivity index (χ3v) is 4.44. The van der Waals surface area contributed by atoms with Crippen molar-refractivity contribution in [3.05, 3.63) is 54.5 Å². The largest absolute Gasteiger partial charge is 0.459 e. The Labute approximate surface area is 147 Å². The second kappa shape index (κ2) is 7.88. The number of carbonyl (C=O) groups excluding carboxylic acids is 2. The summed E-state index contributed by atoms with van der Waals surface area (Å²) in [5.41, 5.74) is 0.819. The Hall–Kier alpha value is -2.76. The molecule has 1 unspecified atom stereocenters. The van der Waals surface area contributed by atoms with Crippen LogP contribution in [0.4, 0.5) is 10.5 Å². The van der Waals surface area contributed by atoms with Gasteiger partial charge in [-0.25, -0.2) is 4.79 Å². The molecule has 132 valence electrons. The fourth-order valence-corrected chi connectivity index (χ4v) is 3.21. The number of methoxy groups -OCH3 is 1. The molecule has 1 aliphatic rings. The number of nitrogens with zero attached hydrogens (tertiary/aromatic N) is 2. The molecule has 2 aromatic rings. The van der Waals surface area contributed by atoms with Gasteiger partial charge in [0, 0.05) is 25.3 Å². The Morgan fingerprint density at radius 1 is 1.24 bits per heavy atom. The normalized spacial score (nSPS) is 17.2. The minimum atomic E-state index is -0.312. The topological polar surface area (TPSA) is 63.0 Å². The van der Waals surface area contributed by atoms with Gasteiger partial charge in [-0.05, 0) is 43.0 Å². The quantitative estimate of drug-likeness (QED) is 0.854. The fraction of sp³-hybridized carbons (Fsp3) is 0.368. The van der Waals surface area contributed by atoms with Gasteiger partial charge in [0.1, 0.15) is 0 Å². The minimum Gasteiger partial charge on any atom is -0.459 e. The van der Waals surface area contributed by atoms with Crippen molar-refractivity contribution in [1.82, 2.24) is 4.90 Å². The van der Waals surface area contributed by atoms with E-state index in [4.69, 9.17) is 9.15 Å². The van der Waals surface area contributed by atoms with Crippen molar-refractivity contribution in [2.24, 2.45) is 5.92 Å². The number of benzene rings is 1. The molecule has 0 radical (unpaired) electrons. The first-order valence-electron chi connectivity index (χ1n) is 8.42. The van der Waals surface area contributed by atoms with Gasteiger partial charge in [0.2, 0.25) is 0 Å². The third-order valence-electron chi connectivity index (χ3n) is 4.44. The second-order valence-corrected chi connectivity index (χ2v) is 6.15. The first kappa shape index (κ1) is 17.1. The zero-order chi connectivity index (χ0) is 17.6. The van der Waals surface area contributed by atoms with Crippen LogP contribution in [0.5, 0.6) is 0 Å². The predicted molar refractivity (Wildman–Crippen MR) is 93.5 cm³/mol. The zero-order valence-electron chi connectivity index (χ0n) is 14.3. The molecule has 1 aliphatic heterocycles. The van der Waals surface area contributed by atoms with Gasteiger partial charge in [0.15, 0.2) is 5.76 Å². The first-order valence-corrected chi connectivity index (χ1v) is 8.42. The molecule has 0 N–H and O–H groups in total. The lowest BCUT2D eigenvalue weighted by Crippen LogP contribution is -2.45. The van der Waals surface area contributed by atoms with Crippen LogP contribution in [-0.2, 0) is 4.74 Å². The van der Waals surface area contributed by atoms with Crippen molar-refractivity contribution in [2.75, 3.05) is 31.6 Å². The van der Waals surface area contributed by atoms with Crippen molar-refractivity contribution in [2.45, 2.75) is 12.8 Å². The van der Waals surface area contributed by atoms with E-state index in [1.165, 1.54) is 13.4 Å². The van der Waals surface area contributed by atoms with Crippen molar-refractivity contribution >= 4 is 17.7 Å². The molecule has 0 saturated carbocycles. The van der Waals surface area contributed by atoms with E-state index >= 15 is 0 Å². The van der Waals surface area contributed by atoms with Crippen molar-refractivity contribution < 1.29 is 18.7 Å². The van der Waals surface area contributed by atoms with Crippen molar-refractivity contribution in [3.8, 4) is 0 Å². The molecule has 6 nitrogen and oxygen atoms in total. The SMILES string of the molecule is COC(=O)N1CCCC(CN(C(=O)c2ccco2)c2ccccc2)C1. The summed E-state index contributed by atoms with van der Waals surface area (Å²) in [6, 6.07) is 12.9. The van der Waals surface area contributed by atoms with Crippen LogP contribution in [0.15, 0.2) is 53.1 Å². The average molecular weight is 342 g/mol. The number of amides is 2. The number of likely N-dealkylation sites (tertiary alicyclic amines) is 1. The maximum absolute atomic E-state index is 12.9. The van der Waals surface area contributed by atoms with Gasteiger partial charge in [-0.3, -0.25) is 4.79 Å². The van der Waals surface area contributed by atoms with Gasteiger partial charge in [-0.15, -0.1) is 0 Å². The number of piperidine rings is 1. The van der Waals surface area contributed by atoms with E-state index in [0.717, 1.165) is 18.5 Å². The molecule has 25 heavy (non-hydrogen) atoms. The van der Waals surface area contributed by atoms with Crippen LogP contribution in [0.25, 0.3) is 0 Å². The number of carbonyl (C=O) groups is 2. The molecule has 0 spiro atoms. The van der Waals surface area contributed by atoms with Gasteiger partial charge in [-0.2, -0.15) is 0 Å². The Morgan fingerprint density at radius 2 is 2.04 bits per heavy atom. The molecule has 3 rings (SSSR count). The average Bonchev–Trinajstić information content (AvgIpc) is 3.20. The standard InChI is InChI=1S/C19H22N2O4/c1-24-19(23)20-11-5-7-15(13-20)14-21(16-8-3-2-4-9-16)18(22)17-10-6-12-25-17/h2-4,6,8-10,12,15H,5,7,11,13-14H2,1H3. The van der Waals surface area contributed by atoms with E-state index in [1.807, 2.05) is 30.3 Å². The number of hydrogen-bond donors (Lipinski definition) is 0. The Kier molecular flexibility index (Phi) is 5.38. The number of anilines is 1. The van der Waals surface area contributed by atoms with Gasteiger partial charge < -0.3 is 19.0 Å². The lowest BCUT2D eigenvalue weighted by atomic mass is 9.97. The highest BCUT2D eigenvalue weighted by Gasteiger charge is 2.29. The summed E-state index contributed by atoms with van der Waals surface area (Å²) in [5.74, 6) is 0.322. The van der Waals surface area contributed by atoms with Crippen LogP contribution >= 0.6 is 0 Å². The van der Waals surface area contributed by atoms with Crippen molar-refractivity contribution in [1.29, 1.82) is 0 Å². The maximum atomic E-state index is 12.9. The molecule has 1 saturated heterocycles. The summed E-state index contributed by atoms with van der Waals surface area (Å²) in [6.07, 6.45) is 3.05. The second-order valence-electron chi connectivity index (χ2n) is 6.15. The summed E-state index contributed by atoms with van der Waals surface area (Å²) in [4.78, 5) is 28.1. The van der Waals surface area contributed by atoms with Gasteiger partial charge in [-0.1, -0.05) is 18.2 Å². The molecule has 2 heterocycles. The van der Waals surface area contributed by atoms with E-state index in [2.05, 4.69) is 0 Å². The van der Waals surface area contributed by atoms with Crippen molar-refractivity contribution in [3.63, 3.8) is 0 Å². The summed E-state index contributed by atoms with van der Waals surface area (Å²) in [5, 5.41) is 0. The molecular weight excluding hydrogens is 320 g/mol. The number of hydrogen-bond acceptors (Lipinski definition) is 4. The smallest absolute Gasteiger partial charge is 0.409 e. The molecule has 1 fully saturated rings. The Bertz CT molecular complexity index is 699. The third kappa shape index (κ3) is 4.02. The Balaban J connectivity index is 1.78. The lowest BCUT2D eigenvalue weighted by Gasteiger charge is -2.34. The molecule has 1 aromatic heterocycles. The van der Waals surface area contributed by atoms with Crippen LogP contribution in [0.2, 0.25) is 0 Å². The van der Waals surface area contributed by atoms with Gasteiger partial charge >= 0.3 is 6.09 Å². The molecule has 2 amide bonds. The van der Waals surface area contributed by atoms with Gasteiger partial charge in [0.25, 0.3) is 5.91 Å². The summed E-state index contributed by atoms with van der Waals surface area (Å²) in [6.45, 7) is 1.80. The van der Waals surface area contributed by atoms with Crippen LogP contribution in [-0.4, -0.2) is 43.6 Å². The lowest BCUT2D eigenvalue weighted by molar-refractivity contribution is 0.0929. The first-order chi connectivity index (χ1) is 12.2. The molecule has 6 heteroatoms. The molecule has 1 aromatic carbocycles. The monoisotopic (exact) mass is 342 g/mol. The van der Waals surface area contributed by atoms with E-state index in [-0.39, 0.29) is 17.9 Å².